The molecule has 0 aliphatic carbocycles. The third kappa shape index (κ3) is 4.94. The average molecular weight is 227 g/mol. The second-order valence-electron chi connectivity index (χ2n) is 4.92. The third-order valence-corrected chi connectivity index (χ3v) is 3.13. The summed E-state index contributed by atoms with van der Waals surface area (Å²) in [4.78, 5) is 13.0. The summed E-state index contributed by atoms with van der Waals surface area (Å²) in [6.45, 7) is 4.14. The van der Waals surface area contributed by atoms with Crippen LogP contribution in [0.1, 0.15) is 32.6 Å². The summed E-state index contributed by atoms with van der Waals surface area (Å²) < 4.78 is 0. The van der Waals surface area contributed by atoms with Crippen molar-refractivity contribution in [3.8, 4) is 0 Å². The van der Waals surface area contributed by atoms with Crippen LogP contribution in [0.25, 0.3) is 0 Å². The molecule has 0 aromatic heterocycles. The van der Waals surface area contributed by atoms with Gasteiger partial charge in [0.25, 0.3) is 0 Å². The van der Waals surface area contributed by atoms with Gasteiger partial charge in [-0.2, -0.15) is 0 Å². The van der Waals surface area contributed by atoms with Crippen LogP contribution in [0.4, 0.5) is 0 Å². The lowest BCUT2D eigenvalue weighted by atomic mass is 10.1. The van der Waals surface area contributed by atoms with Gasteiger partial charge >= 0.3 is 0 Å². The first-order chi connectivity index (χ1) is 7.59. The molecule has 0 aromatic carbocycles. The van der Waals surface area contributed by atoms with Crippen LogP contribution in [0.2, 0.25) is 0 Å². The van der Waals surface area contributed by atoms with Gasteiger partial charge in [0, 0.05) is 39.1 Å². The Kier molecular flexibility index (Phi) is 5.77. The van der Waals surface area contributed by atoms with E-state index in [-0.39, 0.29) is 5.91 Å². The number of nitrogens with zero attached hydrogens (tertiary/aromatic N) is 1. The summed E-state index contributed by atoms with van der Waals surface area (Å²) in [6.07, 6.45) is 4.35. The van der Waals surface area contributed by atoms with Gasteiger partial charge in [-0.25, -0.2) is 0 Å². The number of hydrogen-bond donors (Lipinski definition) is 2. The van der Waals surface area contributed by atoms with E-state index in [1.165, 1.54) is 12.8 Å². The van der Waals surface area contributed by atoms with E-state index in [9.17, 15) is 4.79 Å². The average Bonchev–Trinajstić information content (AvgIpc) is 2.70. The molecule has 1 aliphatic heterocycles. The zero-order valence-electron chi connectivity index (χ0n) is 10.8. The van der Waals surface area contributed by atoms with Crippen molar-refractivity contribution in [2.75, 3.05) is 27.2 Å². The molecule has 1 rings (SSSR count). The number of rotatable bonds is 6. The maximum Gasteiger partial charge on any atom is 0.223 e. The first-order valence-corrected chi connectivity index (χ1v) is 6.26. The van der Waals surface area contributed by atoms with Crippen LogP contribution >= 0.6 is 0 Å². The van der Waals surface area contributed by atoms with Gasteiger partial charge in [-0.3, -0.25) is 4.79 Å². The molecule has 2 unspecified atom stereocenters. The largest absolute Gasteiger partial charge is 0.349 e. The molecule has 1 amide bonds. The fourth-order valence-corrected chi connectivity index (χ4v) is 2.12. The number of hydrogen-bond acceptors (Lipinski definition) is 3. The molecule has 2 atom stereocenters. The highest BCUT2D eigenvalue weighted by molar-refractivity contribution is 5.75. The molecular formula is C12H25N3O. The topological polar surface area (TPSA) is 44.4 Å². The van der Waals surface area contributed by atoms with Crippen molar-refractivity contribution in [1.29, 1.82) is 0 Å². The van der Waals surface area contributed by atoms with E-state index >= 15 is 0 Å². The van der Waals surface area contributed by atoms with Crippen LogP contribution < -0.4 is 10.6 Å². The Bertz CT molecular complexity index is 212. The lowest BCUT2D eigenvalue weighted by molar-refractivity contribution is -0.128. The molecule has 1 aliphatic rings. The van der Waals surface area contributed by atoms with Crippen LogP contribution in [-0.2, 0) is 4.79 Å². The van der Waals surface area contributed by atoms with E-state index in [1.807, 2.05) is 0 Å². The summed E-state index contributed by atoms with van der Waals surface area (Å²) in [5.41, 5.74) is 0. The molecule has 0 bridgehead atoms. The van der Waals surface area contributed by atoms with Crippen molar-refractivity contribution in [3.05, 3.63) is 0 Å². The van der Waals surface area contributed by atoms with E-state index in [2.05, 4.69) is 17.6 Å². The Morgan fingerprint density at radius 1 is 1.56 bits per heavy atom. The second kappa shape index (κ2) is 6.86. The van der Waals surface area contributed by atoms with Gasteiger partial charge < -0.3 is 15.5 Å². The SMILES string of the molecule is CC(CC1CCCN1)NCCC(=O)N(C)C. The Balaban J connectivity index is 2.05. The smallest absolute Gasteiger partial charge is 0.223 e. The van der Waals surface area contributed by atoms with Crippen molar-refractivity contribution in [1.82, 2.24) is 15.5 Å². The van der Waals surface area contributed by atoms with Crippen LogP contribution in [0.3, 0.4) is 0 Å². The summed E-state index contributed by atoms with van der Waals surface area (Å²) in [5.74, 6) is 0.193. The maximum absolute atomic E-state index is 11.3. The normalized spacial score (nSPS) is 22.1. The van der Waals surface area contributed by atoms with Crippen molar-refractivity contribution in [3.63, 3.8) is 0 Å². The second-order valence-corrected chi connectivity index (χ2v) is 4.92. The Morgan fingerprint density at radius 2 is 2.31 bits per heavy atom. The monoisotopic (exact) mass is 227 g/mol. The predicted octanol–water partition coefficient (Wildman–Crippen LogP) is 0.585. The molecule has 1 fully saturated rings. The van der Waals surface area contributed by atoms with Gasteiger partial charge in [-0.05, 0) is 32.7 Å². The Morgan fingerprint density at radius 3 is 2.88 bits per heavy atom. The van der Waals surface area contributed by atoms with Gasteiger partial charge in [-0.15, -0.1) is 0 Å². The quantitative estimate of drug-likeness (QED) is 0.698. The van der Waals surface area contributed by atoms with Crippen molar-refractivity contribution >= 4 is 5.91 Å². The molecule has 16 heavy (non-hydrogen) atoms. The van der Waals surface area contributed by atoms with Crippen LogP contribution in [-0.4, -0.2) is 50.1 Å². The Hall–Kier alpha value is -0.610. The third-order valence-electron chi connectivity index (χ3n) is 3.13. The number of nitrogens with one attached hydrogen (secondary N) is 2. The zero-order valence-corrected chi connectivity index (χ0v) is 10.8. The van der Waals surface area contributed by atoms with Crippen LogP contribution in [0.15, 0.2) is 0 Å². The van der Waals surface area contributed by atoms with Crippen LogP contribution in [0.5, 0.6) is 0 Å². The summed E-state index contributed by atoms with van der Waals surface area (Å²) >= 11 is 0. The van der Waals surface area contributed by atoms with Gasteiger partial charge in [0.2, 0.25) is 5.91 Å². The summed E-state index contributed by atoms with van der Waals surface area (Å²) in [6, 6.07) is 1.16. The number of amides is 1. The molecule has 0 aromatic rings. The first-order valence-electron chi connectivity index (χ1n) is 6.26. The lowest BCUT2D eigenvalue weighted by Crippen LogP contribution is -2.36. The fourth-order valence-electron chi connectivity index (χ4n) is 2.12. The summed E-state index contributed by atoms with van der Waals surface area (Å²) in [5, 5.41) is 6.90. The zero-order chi connectivity index (χ0) is 12.0. The van der Waals surface area contributed by atoms with E-state index in [0.717, 1.165) is 19.5 Å². The van der Waals surface area contributed by atoms with E-state index in [4.69, 9.17) is 0 Å². The van der Waals surface area contributed by atoms with Gasteiger partial charge in [0.1, 0.15) is 0 Å². The highest BCUT2D eigenvalue weighted by Crippen LogP contribution is 2.10. The van der Waals surface area contributed by atoms with Crippen molar-refractivity contribution < 1.29 is 4.79 Å². The molecule has 0 radical (unpaired) electrons. The number of carbonyl (C=O) groups is 1. The van der Waals surface area contributed by atoms with Gasteiger partial charge in [0.05, 0.1) is 0 Å². The van der Waals surface area contributed by atoms with Crippen molar-refractivity contribution in [2.45, 2.75) is 44.7 Å². The molecule has 4 heteroatoms. The maximum atomic E-state index is 11.3. The van der Waals surface area contributed by atoms with Crippen LogP contribution in [0, 0.1) is 0 Å². The molecule has 0 saturated carbocycles. The van der Waals surface area contributed by atoms with Gasteiger partial charge in [0.15, 0.2) is 0 Å². The minimum absolute atomic E-state index is 0.193. The van der Waals surface area contributed by atoms with Crippen molar-refractivity contribution in [2.24, 2.45) is 0 Å². The highest BCUT2D eigenvalue weighted by atomic mass is 16.2. The van der Waals surface area contributed by atoms with Gasteiger partial charge in [-0.1, -0.05) is 0 Å². The molecular weight excluding hydrogens is 202 g/mol. The standard InChI is InChI=1S/C12H25N3O/c1-10(9-11-5-4-7-14-11)13-8-6-12(16)15(2)3/h10-11,13-14H,4-9H2,1-3H3. The minimum Gasteiger partial charge on any atom is -0.349 e. The highest BCUT2D eigenvalue weighted by Gasteiger charge is 2.16. The predicted molar refractivity (Wildman–Crippen MR) is 66.4 cm³/mol. The van der Waals surface area contributed by atoms with E-state index in [0.29, 0.717) is 18.5 Å². The molecule has 2 N–H and O–H groups in total. The molecule has 1 heterocycles. The minimum atomic E-state index is 0.193. The molecule has 1 saturated heterocycles. The fraction of sp³-hybridized carbons (Fsp3) is 0.917. The lowest BCUT2D eigenvalue weighted by Gasteiger charge is -2.18. The molecule has 0 spiro atoms. The van der Waals surface area contributed by atoms with E-state index in [1.54, 1.807) is 19.0 Å². The summed E-state index contributed by atoms with van der Waals surface area (Å²) in [7, 11) is 3.60. The molecule has 4 nitrogen and oxygen atoms in total. The Labute approximate surface area is 98.8 Å². The molecule has 94 valence electrons. The van der Waals surface area contributed by atoms with E-state index < -0.39 is 0 Å². The number of carbonyl (C=O) groups excluding carboxylic acids is 1. The first kappa shape index (κ1) is 13.5.